The largest absolute Gasteiger partial charge is 0.399 e. The van der Waals surface area contributed by atoms with Crippen molar-refractivity contribution in [2.45, 2.75) is 49.6 Å². The molecular weight excluding hydrogens is 286 g/mol. The molecule has 6 heteroatoms. The first-order chi connectivity index (χ1) is 9.95. The Bertz CT molecular complexity index is 630. The minimum atomic E-state index is -3.45. The molecule has 1 aromatic carbocycles. The lowest BCUT2D eigenvalue weighted by Crippen LogP contribution is -2.47. The molecule has 116 valence electrons. The lowest BCUT2D eigenvalue weighted by molar-refractivity contribution is 0.176. The number of nitrogen functional groups attached to an aromatic ring is 1. The first-order valence-electron chi connectivity index (χ1n) is 7.58. The van der Waals surface area contributed by atoms with Crippen LogP contribution in [0.2, 0.25) is 0 Å². The predicted molar refractivity (Wildman–Crippen MR) is 83.5 cm³/mol. The van der Waals surface area contributed by atoms with E-state index in [0.29, 0.717) is 16.6 Å². The van der Waals surface area contributed by atoms with Crippen LogP contribution >= 0.6 is 0 Å². The van der Waals surface area contributed by atoms with Gasteiger partial charge in [-0.1, -0.05) is 0 Å². The Labute approximate surface area is 126 Å². The van der Waals surface area contributed by atoms with Gasteiger partial charge in [0.15, 0.2) is 0 Å². The van der Waals surface area contributed by atoms with Crippen molar-refractivity contribution >= 4 is 15.7 Å². The number of sulfonamides is 1. The van der Waals surface area contributed by atoms with Gasteiger partial charge < -0.3 is 10.6 Å². The summed E-state index contributed by atoms with van der Waals surface area (Å²) in [6.45, 7) is 3.99. The molecule has 0 radical (unpaired) electrons. The second-order valence-corrected chi connectivity index (χ2v) is 7.91. The number of rotatable bonds is 3. The molecule has 2 atom stereocenters. The molecule has 1 aromatic rings. The quantitative estimate of drug-likeness (QED) is 0.829. The van der Waals surface area contributed by atoms with Crippen molar-refractivity contribution in [2.75, 3.05) is 18.8 Å². The van der Waals surface area contributed by atoms with Gasteiger partial charge in [-0.25, -0.2) is 13.1 Å². The standard InChI is InChI=1S/C15H23N3O2S/c1-11-9-14(4-5-15(11)16)21(19,20)17-12-6-8-18-7-2-3-13(18)10-12/h4-5,9,12-13,17H,2-3,6-8,10,16H2,1H3. The van der Waals surface area contributed by atoms with Gasteiger partial charge in [0.2, 0.25) is 10.0 Å². The average Bonchev–Trinajstić information content (AvgIpc) is 2.88. The molecule has 2 aliphatic heterocycles. The Morgan fingerprint density at radius 3 is 2.86 bits per heavy atom. The average molecular weight is 309 g/mol. The fourth-order valence-electron chi connectivity index (χ4n) is 3.43. The second-order valence-electron chi connectivity index (χ2n) is 6.19. The van der Waals surface area contributed by atoms with Crippen LogP contribution in [0.1, 0.15) is 31.2 Å². The van der Waals surface area contributed by atoms with Crippen molar-refractivity contribution in [3.8, 4) is 0 Å². The number of hydrogen-bond acceptors (Lipinski definition) is 4. The topological polar surface area (TPSA) is 75.4 Å². The predicted octanol–water partition coefficient (Wildman–Crippen LogP) is 1.48. The van der Waals surface area contributed by atoms with Crippen LogP contribution in [-0.2, 0) is 10.0 Å². The number of benzene rings is 1. The van der Waals surface area contributed by atoms with Crippen LogP contribution in [0.25, 0.3) is 0 Å². The summed E-state index contributed by atoms with van der Waals surface area (Å²) in [5.41, 5.74) is 7.17. The summed E-state index contributed by atoms with van der Waals surface area (Å²) in [5.74, 6) is 0. The van der Waals surface area contributed by atoms with E-state index in [1.54, 1.807) is 18.2 Å². The lowest BCUT2D eigenvalue weighted by atomic mass is 9.99. The van der Waals surface area contributed by atoms with Gasteiger partial charge in [0, 0.05) is 17.8 Å². The second kappa shape index (κ2) is 5.59. The zero-order chi connectivity index (χ0) is 15.0. The first-order valence-corrected chi connectivity index (χ1v) is 9.06. The highest BCUT2D eigenvalue weighted by Crippen LogP contribution is 2.28. The third kappa shape index (κ3) is 3.07. The molecule has 0 aliphatic carbocycles. The Kier molecular flexibility index (Phi) is 3.94. The number of anilines is 1. The van der Waals surface area contributed by atoms with Gasteiger partial charge in [-0.05, 0) is 69.5 Å². The highest BCUT2D eigenvalue weighted by Gasteiger charge is 2.33. The Morgan fingerprint density at radius 1 is 1.29 bits per heavy atom. The smallest absolute Gasteiger partial charge is 0.240 e. The number of hydrogen-bond donors (Lipinski definition) is 2. The zero-order valence-corrected chi connectivity index (χ0v) is 13.2. The van der Waals surface area contributed by atoms with E-state index in [0.717, 1.165) is 24.9 Å². The molecule has 0 spiro atoms. The van der Waals surface area contributed by atoms with Gasteiger partial charge in [-0.15, -0.1) is 0 Å². The molecule has 0 aromatic heterocycles. The number of nitrogens with two attached hydrogens (primary N) is 1. The van der Waals surface area contributed by atoms with Crippen LogP contribution in [0, 0.1) is 6.92 Å². The van der Waals surface area contributed by atoms with E-state index in [-0.39, 0.29) is 6.04 Å². The highest BCUT2D eigenvalue weighted by atomic mass is 32.2. The van der Waals surface area contributed by atoms with Crippen molar-refractivity contribution < 1.29 is 8.42 Å². The van der Waals surface area contributed by atoms with E-state index in [1.807, 2.05) is 6.92 Å². The molecular formula is C15H23N3O2S. The first kappa shape index (κ1) is 14.8. The van der Waals surface area contributed by atoms with Crippen molar-refractivity contribution in [1.82, 2.24) is 9.62 Å². The third-order valence-electron chi connectivity index (χ3n) is 4.69. The molecule has 2 heterocycles. The normalized spacial score (nSPS) is 26.7. The van der Waals surface area contributed by atoms with Crippen LogP contribution in [0.5, 0.6) is 0 Å². The summed E-state index contributed by atoms with van der Waals surface area (Å²) in [6.07, 6.45) is 4.25. The Balaban J connectivity index is 1.72. The van der Waals surface area contributed by atoms with Gasteiger partial charge in [0.1, 0.15) is 0 Å². The van der Waals surface area contributed by atoms with Gasteiger partial charge in [0.25, 0.3) is 0 Å². The van der Waals surface area contributed by atoms with Crippen LogP contribution in [0.15, 0.2) is 23.1 Å². The van der Waals surface area contributed by atoms with E-state index in [1.165, 1.54) is 19.4 Å². The summed E-state index contributed by atoms with van der Waals surface area (Å²) in [4.78, 5) is 2.79. The fraction of sp³-hybridized carbons (Fsp3) is 0.600. The van der Waals surface area contributed by atoms with Crippen molar-refractivity contribution in [3.63, 3.8) is 0 Å². The van der Waals surface area contributed by atoms with Crippen LogP contribution in [-0.4, -0.2) is 38.5 Å². The molecule has 5 nitrogen and oxygen atoms in total. The van der Waals surface area contributed by atoms with E-state index in [4.69, 9.17) is 5.73 Å². The Morgan fingerprint density at radius 2 is 2.10 bits per heavy atom. The van der Waals surface area contributed by atoms with Crippen LogP contribution in [0.4, 0.5) is 5.69 Å². The van der Waals surface area contributed by atoms with E-state index >= 15 is 0 Å². The number of aryl methyl sites for hydroxylation is 1. The van der Waals surface area contributed by atoms with Gasteiger partial charge >= 0.3 is 0 Å². The summed E-state index contributed by atoms with van der Waals surface area (Å²) in [6, 6.07) is 5.48. The van der Waals surface area contributed by atoms with Crippen LogP contribution in [0.3, 0.4) is 0 Å². The number of fused-ring (bicyclic) bond motifs is 1. The van der Waals surface area contributed by atoms with Crippen molar-refractivity contribution in [3.05, 3.63) is 23.8 Å². The van der Waals surface area contributed by atoms with Crippen molar-refractivity contribution in [1.29, 1.82) is 0 Å². The van der Waals surface area contributed by atoms with Crippen molar-refractivity contribution in [2.24, 2.45) is 0 Å². The third-order valence-corrected chi connectivity index (χ3v) is 6.21. The van der Waals surface area contributed by atoms with E-state index < -0.39 is 10.0 Å². The molecule has 3 N–H and O–H groups in total. The maximum atomic E-state index is 12.5. The van der Waals surface area contributed by atoms with Gasteiger partial charge in [-0.3, -0.25) is 0 Å². The minimum absolute atomic E-state index is 0.0483. The lowest BCUT2D eigenvalue weighted by Gasteiger charge is -2.34. The molecule has 0 amide bonds. The molecule has 21 heavy (non-hydrogen) atoms. The molecule has 2 unspecified atom stereocenters. The highest BCUT2D eigenvalue weighted by molar-refractivity contribution is 7.89. The van der Waals surface area contributed by atoms with Gasteiger partial charge in [-0.2, -0.15) is 0 Å². The monoisotopic (exact) mass is 309 g/mol. The summed E-state index contributed by atoms with van der Waals surface area (Å²) in [7, 11) is -3.45. The molecule has 2 aliphatic rings. The molecule has 0 bridgehead atoms. The number of nitrogens with one attached hydrogen (secondary N) is 1. The molecule has 3 rings (SSSR count). The summed E-state index contributed by atoms with van der Waals surface area (Å²) >= 11 is 0. The number of nitrogens with zero attached hydrogens (tertiary/aromatic N) is 1. The zero-order valence-electron chi connectivity index (χ0n) is 12.4. The summed E-state index contributed by atoms with van der Waals surface area (Å²) < 4.78 is 27.9. The van der Waals surface area contributed by atoms with E-state index in [9.17, 15) is 8.42 Å². The Hall–Kier alpha value is -1.11. The maximum absolute atomic E-state index is 12.5. The SMILES string of the molecule is Cc1cc(S(=O)(=O)NC2CCN3CCCC3C2)ccc1N. The van der Waals surface area contributed by atoms with Crippen LogP contribution < -0.4 is 10.5 Å². The number of piperidine rings is 1. The molecule has 2 saturated heterocycles. The maximum Gasteiger partial charge on any atom is 0.240 e. The van der Waals surface area contributed by atoms with Gasteiger partial charge in [0.05, 0.1) is 4.90 Å². The molecule has 0 saturated carbocycles. The summed E-state index contributed by atoms with van der Waals surface area (Å²) in [5, 5.41) is 0. The fourth-order valence-corrected chi connectivity index (χ4v) is 4.80. The molecule has 2 fully saturated rings. The van der Waals surface area contributed by atoms with E-state index in [2.05, 4.69) is 9.62 Å². The minimum Gasteiger partial charge on any atom is -0.399 e.